The molecular weight excluding hydrogens is 326 g/mol. The second-order valence-electron chi connectivity index (χ2n) is 7.29. The third-order valence-corrected chi connectivity index (χ3v) is 4.06. The third kappa shape index (κ3) is 4.49. The van der Waals surface area contributed by atoms with Gasteiger partial charge < -0.3 is 29.4 Å². The van der Waals surface area contributed by atoms with Crippen molar-refractivity contribution in [3.8, 4) is 0 Å². The zero-order valence-electron chi connectivity index (χ0n) is 14.7. The molecule has 138 valence electrons. The average Bonchev–Trinajstić information content (AvgIpc) is 2.56. The van der Waals surface area contributed by atoms with E-state index in [1.165, 1.54) is 0 Å². The van der Waals surface area contributed by atoms with Crippen LogP contribution in [-0.2, 0) is 18.9 Å². The van der Waals surface area contributed by atoms with Gasteiger partial charge in [-0.15, -0.1) is 0 Å². The maximum absolute atomic E-state index is 12.1. The topological polar surface area (TPSA) is 86.3 Å². The quantitative estimate of drug-likeness (QED) is 0.844. The number of nitrogens with one attached hydrogen (secondary N) is 1. The van der Waals surface area contributed by atoms with Crippen molar-refractivity contribution in [3.05, 3.63) is 35.9 Å². The first-order chi connectivity index (χ1) is 11.8. The highest BCUT2D eigenvalue weighted by atomic mass is 16.7. The molecule has 0 unspecified atom stereocenters. The lowest BCUT2D eigenvalue weighted by atomic mass is 9.96. The predicted molar refractivity (Wildman–Crippen MR) is 88.9 cm³/mol. The van der Waals surface area contributed by atoms with E-state index in [0.29, 0.717) is 6.61 Å². The van der Waals surface area contributed by atoms with Gasteiger partial charge in [0.2, 0.25) is 0 Å². The van der Waals surface area contributed by atoms with Crippen molar-refractivity contribution in [2.75, 3.05) is 13.2 Å². The molecule has 1 amide bonds. The Morgan fingerprint density at radius 3 is 2.60 bits per heavy atom. The molecule has 5 atom stereocenters. The summed E-state index contributed by atoms with van der Waals surface area (Å²) in [6, 6.07) is 8.88. The van der Waals surface area contributed by atoms with E-state index in [4.69, 9.17) is 18.9 Å². The summed E-state index contributed by atoms with van der Waals surface area (Å²) in [6.45, 7) is 5.78. The van der Waals surface area contributed by atoms with Crippen molar-refractivity contribution in [2.45, 2.75) is 57.0 Å². The van der Waals surface area contributed by atoms with Gasteiger partial charge in [0, 0.05) is 5.56 Å². The van der Waals surface area contributed by atoms with E-state index in [-0.39, 0.29) is 12.7 Å². The maximum atomic E-state index is 12.1. The zero-order chi connectivity index (χ0) is 18.0. The van der Waals surface area contributed by atoms with Crippen molar-refractivity contribution in [3.63, 3.8) is 0 Å². The molecule has 2 aliphatic heterocycles. The number of aliphatic hydroxyl groups is 1. The third-order valence-electron chi connectivity index (χ3n) is 4.06. The summed E-state index contributed by atoms with van der Waals surface area (Å²) in [7, 11) is 0. The van der Waals surface area contributed by atoms with Gasteiger partial charge in [0.15, 0.2) is 6.29 Å². The summed E-state index contributed by atoms with van der Waals surface area (Å²) in [5.41, 5.74) is 0.250. The molecule has 7 heteroatoms. The molecule has 0 aromatic heterocycles. The van der Waals surface area contributed by atoms with Gasteiger partial charge in [-0.2, -0.15) is 0 Å². The summed E-state index contributed by atoms with van der Waals surface area (Å²) >= 11 is 0. The van der Waals surface area contributed by atoms with Crippen LogP contribution in [0.4, 0.5) is 4.79 Å². The number of rotatable bonds is 2. The second kappa shape index (κ2) is 7.29. The Morgan fingerprint density at radius 2 is 1.92 bits per heavy atom. The van der Waals surface area contributed by atoms with Gasteiger partial charge in [0.05, 0.1) is 19.3 Å². The Hall–Kier alpha value is -1.67. The van der Waals surface area contributed by atoms with Gasteiger partial charge in [-0.05, 0) is 20.8 Å². The molecule has 0 bridgehead atoms. The van der Waals surface area contributed by atoms with Gasteiger partial charge in [0.25, 0.3) is 0 Å². The van der Waals surface area contributed by atoms with Gasteiger partial charge in [-0.3, -0.25) is 0 Å². The van der Waals surface area contributed by atoms with E-state index in [2.05, 4.69) is 5.32 Å². The van der Waals surface area contributed by atoms with Crippen LogP contribution in [-0.4, -0.2) is 54.4 Å². The molecule has 0 spiro atoms. The first-order valence-electron chi connectivity index (χ1n) is 8.45. The molecule has 2 fully saturated rings. The molecule has 0 saturated carbocycles. The Balaban J connectivity index is 1.71. The summed E-state index contributed by atoms with van der Waals surface area (Å²) < 4.78 is 22.6. The van der Waals surface area contributed by atoms with Crippen molar-refractivity contribution in [2.24, 2.45) is 0 Å². The van der Waals surface area contributed by atoms with E-state index in [0.717, 1.165) is 5.56 Å². The van der Waals surface area contributed by atoms with Crippen LogP contribution in [0.15, 0.2) is 30.3 Å². The number of aliphatic hydroxyl groups excluding tert-OH is 1. The predicted octanol–water partition coefficient (Wildman–Crippen LogP) is 1.75. The molecule has 1 aromatic rings. The molecular formula is C18H25NO6. The van der Waals surface area contributed by atoms with Gasteiger partial charge >= 0.3 is 6.09 Å². The van der Waals surface area contributed by atoms with Crippen LogP contribution in [0.2, 0.25) is 0 Å². The van der Waals surface area contributed by atoms with Crippen LogP contribution < -0.4 is 5.32 Å². The number of carbonyl (C=O) groups is 1. The minimum absolute atomic E-state index is 0.102. The van der Waals surface area contributed by atoms with Crippen LogP contribution in [0.25, 0.3) is 0 Å². The standard InChI is InChI=1S/C18H25NO6/c1-18(2,3)25-17(21)19-14-12(20)9-22-13-10-23-16(24-15(13)14)11-7-5-4-6-8-11/h4-8,12-16,20H,9-10H2,1-3H3,(H,19,21)/t12-,13-,14-,15+,16+/m1/s1. The molecule has 2 heterocycles. The highest BCUT2D eigenvalue weighted by molar-refractivity contribution is 5.68. The number of ether oxygens (including phenoxy) is 4. The fourth-order valence-electron chi connectivity index (χ4n) is 2.96. The SMILES string of the molecule is CC(C)(C)OC(=O)N[C@H]1[C@H]2O[C@@H](c3ccccc3)OC[C@H]2OC[C@H]1O. The lowest BCUT2D eigenvalue weighted by Crippen LogP contribution is -2.64. The molecule has 3 rings (SSSR count). The van der Waals surface area contributed by atoms with E-state index in [9.17, 15) is 9.90 Å². The molecule has 1 aromatic carbocycles. The number of alkyl carbamates (subject to hydrolysis) is 1. The lowest BCUT2D eigenvalue weighted by molar-refractivity contribution is -0.295. The maximum Gasteiger partial charge on any atom is 0.408 e. The smallest absolute Gasteiger partial charge is 0.408 e. The van der Waals surface area contributed by atoms with Crippen LogP contribution in [0, 0.1) is 0 Å². The normalized spacial score (nSPS) is 32.6. The number of hydrogen-bond acceptors (Lipinski definition) is 6. The number of hydrogen-bond donors (Lipinski definition) is 2. The molecule has 0 radical (unpaired) electrons. The number of amides is 1. The van der Waals surface area contributed by atoms with Crippen molar-refractivity contribution < 1.29 is 28.8 Å². The molecule has 25 heavy (non-hydrogen) atoms. The molecule has 2 N–H and O–H groups in total. The Bertz CT molecular complexity index is 587. The van der Waals surface area contributed by atoms with Crippen LogP contribution in [0.3, 0.4) is 0 Å². The van der Waals surface area contributed by atoms with Crippen LogP contribution >= 0.6 is 0 Å². The summed E-state index contributed by atoms with van der Waals surface area (Å²) in [5, 5.41) is 13.0. The van der Waals surface area contributed by atoms with Gasteiger partial charge in [-0.1, -0.05) is 30.3 Å². The van der Waals surface area contributed by atoms with E-state index in [1.54, 1.807) is 20.8 Å². The fraction of sp³-hybridized carbons (Fsp3) is 0.611. The van der Waals surface area contributed by atoms with Crippen molar-refractivity contribution in [1.29, 1.82) is 0 Å². The Morgan fingerprint density at radius 1 is 1.20 bits per heavy atom. The van der Waals surface area contributed by atoms with Gasteiger partial charge in [0.1, 0.15) is 23.9 Å². The van der Waals surface area contributed by atoms with E-state index in [1.807, 2.05) is 30.3 Å². The van der Waals surface area contributed by atoms with E-state index >= 15 is 0 Å². The Labute approximate surface area is 147 Å². The monoisotopic (exact) mass is 351 g/mol. The van der Waals surface area contributed by atoms with E-state index < -0.39 is 36.2 Å². The summed E-state index contributed by atoms with van der Waals surface area (Å²) in [4.78, 5) is 12.1. The number of carbonyl (C=O) groups excluding carboxylic acids is 1. The Kier molecular flexibility index (Phi) is 5.29. The molecule has 7 nitrogen and oxygen atoms in total. The molecule has 2 aliphatic rings. The highest BCUT2D eigenvalue weighted by Crippen LogP contribution is 2.32. The minimum Gasteiger partial charge on any atom is -0.444 e. The summed E-state index contributed by atoms with van der Waals surface area (Å²) in [6.07, 6.45) is -2.94. The number of benzene rings is 1. The lowest BCUT2D eigenvalue weighted by Gasteiger charge is -2.45. The fourth-order valence-corrected chi connectivity index (χ4v) is 2.96. The largest absolute Gasteiger partial charge is 0.444 e. The first kappa shape index (κ1) is 18.1. The number of fused-ring (bicyclic) bond motifs is 1. The zero-order valence-corrected chi connectivity index (χ0v) is 14.7. The molecule has 0 aliphatic carbocycles. The summed E-state index contributed by atoms with van der Waals surface area (Å²) in [5.74, 6) is 0. The van der Waals surface area contributed by atoms with Crippen LogP contribution in [0.1, 0.15) is 32.6 Å². The van der Waals surface area contributed by atoms with Crippen molar-refractivity contribution in [1.82, 2.24) is 5.32 Å². The average molecular weight is 351 g/mol. The van der Waals surface area contributed by atoms with Crippen LogP contribution in [0.5, 0.6) is 0 Å². The van der Waals surface area contributed by atoms with Crippen molar-refractivity contribution >= 4 is 6.09 Å². The first-order valence-corrected chi connectivity index (χ1v) is 8.45. The second-order valence-corrected chi connectivity index (χ2v) is 7.29. The molecule has 2 saturated heterocycles. The minimum atomic E-state index is -0.886. The highest BCUT2D eigenvalue weighted by Gasteiger charge is 2.46. The van der Waals surface area contributed by atoms with Gasteiger partial charge in [-0.25, -0.2) is 4.79 Å².